The van der Waals surface area contributed by atoms with E-state index in [-0.39, 0.29) is 0 Å². The van der Waals surface area contributed by atoms with Crippen LogP contribution in [0.3, 0.4) is 0 Å². The van der Waals surface area contributed by atoms with Crippen molar-refractivity contribution in [3.63, 3.8) is 0 Å². The number of benzene rings is 1. The number of pyridine rings is 1. The van der Waals surface area contributed by atoms with Crippen LogP contribution in [0.2, 0.25) is 0 Å². The van der Waals surface area contributed by atoms with Crippen molar-refractivity contribution in [1.82, 2.24) is 4.98 Å². The first-order valence-corrected chi connectivity index (χ1v) is 5.50. The van der Waals surface area contributed by atoms with Gasteiger partial charge in [-0.05, 0) is 46.2 Å². The first-order chi connectivity index (χ1) is 7.26. The highest BCUT2D eigenvalue weighted by Crippen LogP contribution is 2.33. The van der Waals surface area contributed by atoms with Crippen molar-refractivity contribution in [2.75, 3.05) is 14.2 Å². The molecule has 0 saturated carbocycles. The molecule has 15 heavy (non-hydrogen) atoms. The summed E-state index contributed by atoms with van der Waals surface area (Å²) in [5.74, 6) is 1.47. The van der Waals surface area contributed by atoms with Crippen molar-refractivity contribution in [2.45, 2.75) is 0 Å². The van der Waals surface area contributed by atoms with E-state index in [1.54, 1.807) is 20.4 Å². The first-order valence-electron chi connectivity index (χ1n) is 4.42. The van der Waals surface area contributed by atoms with E-state index >= 15 is 0 Å². The molecule has 78 valence electrons. The van der Waals surface area contributed by atoms with Gasteiger partial charge in [-0.15, -0.1) is 0 Å². The fraction of sp³-hybridized carbons (Fsp3) is 0.182. The van der Waals surface area contributed by atoms with E-state index in [9.17, 15) is 0 Å². The summed E-state index contributed by atoms with van der Waals surface area (Å²) < 4.78 is 11.4. The molecule has 1 aromatic carbocycles. The van der Waals surface area contributed by atoms with E-state index in [0.29, 0.717) is 0 Å². The predicted octanol–water partition coefficient (Wildman–Crippen LogP) is 2.86. The summed E-state index contributed by atoms with van der Waals surface area (Å²) in [7, 11) is 3.27. The maximum atomic E-state index is 5.24. The largest absolute Gasteiger partial charge is 0.493 e. The normalized spacial score (nSPS) is 10.3. The Bertz CT molecular complexity index is 499. The van der Waals surface area contributed by atoms with E-state index in [2.05, 4.69) is 27.6 Å². The monoisotopic (exact) mass is 315 g/mol. The van der Waals surface area contributed by atoms with Gasteiger partial charge in [0.05, 0.1) is 14.2 Å². The molecular formula is C11H10INO2. The third kappa shape index (κ3) is 1.86. The average molecular weight is 315 g/mol. The number of halogens is 1. The highest BCUT2D eigenvalue weighted by Gasteiger charge is 2.07. The molecular weight excluding hydrogens is 305 g/mol. The van der Waals surface area contributed by atoms with Crippen molar-refractivity contribution in [1.29, 1.82) is 0 Å². The molecule has 0 bridgehead atoms. The molecule has 3 nitrogen and oxygen atoms in total. The number of hydrogen-bond donors (Lipinski definition) is 0. The summed E-state index contributed by atoms with van der Waals surface area (Å²) in [4.78, 5) is 4.23. The van der Waals surface area contributed by atoms with Gasteiger partial charge in [-0.25, -0.2) is 4.98 Å². The molecule has 0 aliphatic rings. The second-order valence-corrected chi connectivity index (χ2v) is 4.05. The molecule has 0 aliphatic carbocycles. The van der Waals surface area contributed by atoms with Crippen LogP contribution in [-0.2, 0) is 0 Å². The van der Waals surface area contributed by atoms with Crippen LogP contribution in [0.4, 0.5) is 0 Å². The van der Waals surface area contributed by atoms with E-state index in [0.717, 1.165) is 26.0 Å². The van der Waals surface area contributed by atoms with E-state index in [4.69, 9.17) is 9.47 Å². The molecule has 0 atom stereocenters. The quantitative estimate of drug-likeness (QED) is 0.631. The van der Waals surface area contributed by atoms with Gasteiger partial charge in [0.1, 0.15) is 3.70 Å². The smallest absolute Gasteiger partial charge is 0.161 e. The lowest BCUT2D eigenvalue weighted by molar-refractivity contribution is 0.356. The molecule has 2 rings (SSSR count). The highest BCUT2D eigenvalue weighted by molar-refractivity contribution is 14.1. The lowest BCUT2D eigenvalue weighted by atomic mass is 10.1. The SMILES string of the molecule is COc1cc2ccnc(I)c2cc1OC. The number of hydrogen-bond acceptors (Lipinski definition) is 3. The molecule has 0 fully saturated rings. The minimum Gasteiger partial charge on any atom is -0.493 e. The van der Waals surface area contributed by atoms with Gasteiger partial charge in [0.2, 0.25) is 0 Å². The van der Waals surface area contributed by atoms with E-state index in [1.807, 2.05) is 18.2 Å². The Morgan fingerprint density at radius 3 is 2.47 bits per heavy atom. The first kappa shape index (κ1) is 10.5. The maximum Gasteiger partial charge on any atom is 0.161 e. The molecule has 0 amide bonds. The van der Waals surface area contributed by atoms with Crippen LogP contribution in [-0.4, -0.2) is 19.2 Å². The Labute approximate surface area is 102 Å². The van der Waals surface area contributed by atoms with Gasteiger partial charge < -0.3 is 9.47 Å². The third-order valence-corrected chi connectivity index (χ3v) is 3.08. The van der Waals surface area contributed by atoms with Crippen LogP contribution in [0.1, 0.15) is 0 Å². The minimum absolute atomic E-state index is 0.732. The van der Waals surface area contributed by atoms with Crippen molar-refractivity contribution >= 4 is 33.4 Å². The number of nitrogens with zero attached hydrogens (tertiary/aromatic N) is 1. The molecule has 1 aromatic heterocycles. The van der Waals surface area contributed by atoms with Gasteiger partial charge in [-0.1, -0.05) is 0 Å². The summed E-state index contributed by atoms with van der Waals surface area (Å²) in [5.41, 5.74) is 0. The zero-order valence-electron chi connectivity index (χ0n) is 8.45. The number of aromatic nitrogens is 1. The molecule has 4 heteroatoms. The Morgan fingerprint density at radius 2 is 1.80 bits per heavy atom. The molecule has 0 radical (unpaired) electrons. The number of ether oxygens (including phenoxy) is 2. The van der Waals surface area contributed by atoms with Gasteiger partial charge in [0.15, 0.2) is 11.5 Å². The van der Waals surface area contributed by atoms with E-state index < -0.39 is 0 Å². The van der Waals surface area contributed by atoms with Crippen molar-refractivity contribution in [3.05, 3.63) is 28.1 Å². The lowest BCUT2D eigenvalue weighted by Gasteiger charge is -2.09. The Kier molecular flexibility index (Phi) is 2.95. The van der Waals surface area contributed by atoms with Crippen molar-refractivity contribution < 1.29 is 9.47 Å². The summed E-state index contributed by atoms with van der Waals surface area (Å²) in [6.45, 7) is 0. The zero-order chi connectivity index (χ0) is 10.8. The molecule has 1 heterocycles. The topological polar surface area (TPSA) is 31.4 Å². The van der Waals surface area contributed by atoms with Crippen molar-refractivity contribution in [2.24, 2.45) is 0 Å². The summed E-state index contributed by atoms with van der Waals surface area (Å²) in [6.07, 6.45) is 1.79. The Balaban J connectivity index is 2.75. The number of fused-ring (bicyclic) bond motifs is 1. The maximum absolute atomic E-state index is 5.24. The van der Waals surface area contributed by atoms with Crippen LogP contribution < -0.4 is 9.47 Å². The minimum atomic E-state index is 0.732. The standard InChI is InChI=1S/C11H10INO2/c1-14-9-5-7-3-4-13-11(12)8(7)6-10(9)15-2/h3-6H,1-2H3. The van der Waals surface area contributed by atoms with Crippen molar-refractivity contribution in [3.8, 4) is 11.5 Å². The van der Waals surface area contributed by atoms with Gasteiger partial charge in [-0.3, -0.25) is 0 Å². The fourth-order valence-corrected chi connectivity index (χ4v) is 2.09. The van der Waals surface area contributed by atoms with Gasteiger partial charge in [0.25, 0.3) is 0 Å². The molecule has 0 aliphatic heterocycles. The second kappa shape index (κ2) is 4.22. The lowest BCUT2D eigenvalue weighted by Crippen LogP contribution is -1.92. The predicted molar refractivity (Wildman–Crippen MR) is 67.6 cm³/mol. The Hall–Kier alpha value is -1.04. The molecule has 2 aromatic rings. The highest BCUT2D eigenvalue weighted by atomic mass is 127. The average Bonchev–Trinajstić information content (AvgIpc) is 2.28. The van der Waals surface area contributed by atoms with Crippen LogP contribution >= 0.6 is 22.6 Å². The fourth-order valence-electron chi connectivity index (χ4n) is 1.46. The molecule has 0 unspecified atom stereocenters. The molecule has 0 N–H and O–H groups in total. The van der Waals surface area contributed by atoms with E-state index in [1.165, 1.54) is 0 Å². The number of rotatable bonds is 2. The van der Waals surface area contributed by atoms with Gasteiger partial charge in [-0.2, -0.15) is 0 Å². The van der Waals surface area contributed by atoms with Crippen LogP contribution in [0, 0.1) is 3.70 Å². The van der Waals surface area contributed by atoms with Crippen LogP contribution in [0.25, 0.3) is 10.8 Å². The second-order valence-electron chi connectivity index (χ2n) is 3.03. The zero-order valence-corrected chi connectivity index (χ0v) is 10.6. The van der Waals surface area contributed by atoms with Crippen LogP contribution in [0.15, 0.2) is 24.4 Å². The summed E-state index contributed by atoms with van der Waals surface area (Å²) in [5, 5.41) is 2.18. The molecule has 0 spiro atoms. The Morgan fingerprint density at radius 1 is 1.13 bits per heavy atom. The summed E-state index contributed by atoms with van der Waals surface area (Å²) >= 11 is 2.21. The van der Waals surface area contributed by atoms with Crippen LogP contribution in [0.5, 0.6) is 11.5 Å². The molecule has 0 saturated heterocycles. The number of methoxy groups -OCH3 is 2. The summed E-state index contributed by atoms with van der Waals surface area (Å²) in [6, 6.07) is 5.86. The van der Waals surface area contributed by atoms with Gasteiger partial charge in [0, 0.05) is 11.6 Å². The third-order valence-electron chi connectivity index (χ3n) is 2.22. The van der Waals surface area contributed by atoms with Gasteiger partial charge >= 0.3 is 0 Å².